The number of rotatable bonds is 2. The standard InChI is InChI=1S/C63H50/c1-61(2,3)41-29-37-19-17-35-21-25-45(49-27-23-39(31-41)55(37)57(35)49)51-33-53-59(47-15-11-9-13-43(47)51)60-48-16-12-10-14-44(48)52(34-54(60)63(53,7)8)46-26-22-36-18-20-38-30-42(62(4,5)6)32-40-24-28-50(46)58(36)56(38)40/h9-34H,1-8H3. The molecule has 12 aromatic carbocycles. The van der Waals surface area contributed by atoms with Gasteiger partial charge < -0.3 is 0 Å². The molecule has 302 valence electrons. The third-order valence-corrected chi connectivity index (χ3v) is 15.2. The topological polar surface area (TPSA) is 0 Å². The Labute approximate surface area is 369 Å². The van der Waals surface area contributed by atoms with Gasteiger partial charge in [0.05, 0.1) is 0 Å². The molecule has 0 radical (unpaired) electrons. The van der Waals surface area contributed by atoms with Crippen molar-refractivity contribution >= 4 is 86.2 Å². The van der Waals surface area contributed by atoms with E-state index in [4.69, 9.17) is 0 Å². The third-order valence-electron chi connectivity index (χ3n) is 15.2. The summed E-state index contributed by atoms with van der Waals surface area (Å²) >= 11 is 0. The molecule has 0 aliphatic heterocycles. The smallest absolute Gasteiger partial charge is 0.0159 e. The molecule has 0 heteroatoms. The van der Waals surface area contributed by atoms with E-state index in [2.05, 4.69) is 213 Å². The van der Waals surface area contributed by atoms with Gasteiger partial charge in [0.1, 0.15) is 0 Å². The minimum atomic E-state index is -0.248. The maximum atomic E-state index is 2.57. The van der Waals surface area contributed by atoms with Crippen molar-refractivity contribution in [2.45, 2.75) is 71.6 Å². The summed E-state index contributed by atoms with van der Waals surface area (Å²) in [4.78, 5) is 0. The van der Waals surface area contributed by atoms with Crippen LogP contribution >= 0.6 is 0 Å². The van der Waals surface area contributed by atoms with Crippen molar-refractivity contribution in [2.24, 2.45) is 0 Å². The molecular weight excluding hydrogens is 757 g/mol. The SMILES string of the molecule is CC(C)(C)c1cc2ccc3ccc(-c4cc5c(c6ccccc46)-c4c(cc(-c6ccc7ccc8cc(C(C)(C)C)cc9ccc6c7c89)c6ccccc46)C5(C)C)c4ccc(c1)c2c34. The van der Waals surface area contributed by atoms with Gasteiger partial charge in [-0.25, -0.2) is 0 Å². The second-order valence-electron chi connectivity index (χ2n) is 21.3. The van der Waals surface area contributed by atoms with Crippen LogP contribution in [0.1, 0.15) is 77.6 Å². The van der Waals surface area contributed by atoms with Gasteiger partial charge in [-0.1, -0.05) is 201 Å². The fourth-order valence-electron chi connectivity index (χ4n) is 11.8. The normalized spacial score (nSPS) is 14.2. The molecule has 12 aromatic rings. The third kappa shape index (κ3) is 4.98. The van der Waals surface area contributed by atoms with E-state index in [0.29, 0.717) is 0 Å². The van der Waals surface area contributed by atoms with Crippen LogP contribution in [0.2, 0.25) is 0 Å². The summed E-state index contributed by atoms with van der Waals surface area (Å²) in [6.45, 7) is 18.8. The van der Waals surface area contributed by atoms with Crippen LogP contribution in [0.25, 0.3) is 120 Å². The van der Waals surface area contributed by atoms with Gasteiger partial charge in [-0.3, -0.25) is 0 Å². The lowest BCUT2D eigenvalue weighted by molar-refractivity contribution is 0.591. The minimum absolute atomic E-state index is 0.0775. The van der Waals surface area contributed by atoms with Crippen LogP contribution < -0.4 is 0 Å². The Balaban J connectivity index is 1.06. The summed E-state index contributed by atoms with van der Waals surface area (Å²) in [6.07, 6.45) is 0. The molecule has 63 heavy (non-hydrogen) atoms. The molecule has 0 saturated heterocycles. The first-order chi connectivity index (χ1) is 30.3. The monoisotopic (exact) mass is 806 g/mol. The van der Waals surface area contributed by atoms with E-state index in [1.165, 1.54) is 142 Å². The Hall–Kier alpha value is -6.76. The van der Waals surface area contributed by atoms with E-state index in [1.807, 2.05) is 0 Å². The molecule has 0 atom stereocenters. The number of fused-ring (bicyclic) bond motifs is 7. The molecule has 0 amide bonds. The molecule has 0 aromatic heterocycles. The van der Waals surface area contributed by atoms with Crippen LogP contribution in [0.5, 0.6) is 0 Å². The predicted octanol–water partition coefficient (Wildman–Crippen LogP) is 18.0. The molecule has 0 spiro atoms. The van der Waals surface area contributed by atoms with Gasteiger partial charge in [0.15, 0.2) is 0 Å². The van der Waals surface area contributed by atoms with Gasteiger partial charge >= 0.3 is 0 Å². The van der Waals surface area contributed by atoms with Gasteiger partial charge in [-0.15, -0.1) is 0 Å². The molecule has 0 heterocycles. The van der Waals surface area contributed by atoms with Crippen molar-refractivity contribution in [3.63, 3.8) is 0 Å². The summed E-state index contributed by atoms with van der Waals surface area (Å²) in [5.74, 6) is 0. The Morgan fingerprint density at radius 2 is 0.635 bits per heavy atom. The Morgan fingerprint density at radius 1 is 0.302 bits per heavy atom. The lowest BCUT2D eigenvalue weighted by Gasteiger charge is -2.25. The van der Waals surface area contributed by atoms with E-state index in [1.54, 1.807) is 0 Å². The Kier molecular flexibility index (Phi) is 7.16. The van der Waals surface area contributed by atoms with Gasteiger partial charge in [0, 0.05) is 5.41 Å². The molecule has 1 aliphatic rings. The van der Waals surface area contributed by atoms with E-state index >= 15 is 0 Å². The summed E-state index contributed by atoms with van der Waals surface area (Å²) in [7, 11) is 0. The summed E-state index contributed by atoms with van der Waals surface area (Å²) in [5.41, 5.74) is 13.5. The first kappa shape index (κ1) is 36.9. The first-order valence-corrected chi connectivity index (χ1v) is 22.8. The van der Waals surface area contributed by atoms with Crippen LogP contribution in [0.3, 0.4) is 0 Å². The van der Waals surface area contributed by atoms with Crippen LogP contribution in [0, 0.1) is 0 Å². The molecule has 0 fully saturated rings. The quantitative estimate of drug-likeness (QED) is 0.153. The molecule has 1 aliphatic carbocycles. The van der Waals surface area contributed by atoms with Crippen LogP contribution in [-0.4, -0.2) is 0 Å². The van der Waals surface area contributed by atoms with Crippen LogP contribution in [0.4, 0.5) is 0 Å². The lowest BCUT2D eigenvalue weighted by atomic mass is 9.78. The highest BCUT2D eigenvalue weighted by atomic mass is 14.4. The van der Waals surface area contributed by atoms with Crippen molar-refractivity contribution in [2.75, 3.05) is 0 Å². The Morgan fingerprint density at radius 3 is 1.02 bits per heavy atom. The molecule has 0 unspecified atom stereocenters. The number of hydrogen-bond acceptors (Lipinski definition) is 0. The largest absolute Gasteiger partial charge is 0.0616 e. The zero-order valence-electron chi connectivity index (χ0n) is 37.5. The van der Waals surface area contributed by atoms with Crippen LogP contribution in [-0.2, 0) is 16.2 Å². The number of benzene rings is 12. The summed E-state index contributed by atoms with van der Waals surface area (Å²) < 4.78 is 0. The molecule has 0 nitrogen and oxygen atoms in total. The molecular formula is C63H50. The number of hydrogen-bond donors (Lipinski definition) is 0. The average Bonchev–Trinajstić information content (AvgIpc) is 3.51. The Bertz CT molecular complexity index is 3640. The first-order valence-electron chi connectivity index (χ1n) is 22.8. The van der Waals surface area contributed by atoms with Gasteiger partial charge in [-0.2, -0.15) is 0 Å². The summed E-state index contributed by atoms with van der Waals surface area (Å²) in [6, 6.07) is 61.5. The molecule has 13 rings (SSSR count). The average molecular weight is 807 g/mol. The van der Waals surface area contributed by atoms with Gasteiger partial charge in [0.25, 0.3) is 0 Å². The van der Waals surface area contributed by atoms with Crippen molar-refractivity contribution in [3.05, 3.63) is 180 Å². The van der Waals surface area contributed by atoms with Crippen molar-refractivity contribution in [3.8, 4) is 33.4 Å². The van der Waals surface area contributed by atoms with Crippen molar-refractivity contribution in [1.82, 2.24) is 0 Å². The van der Waals surface area contributed by atoms with Crippen molar-refractivity contribution in [1.29, 1.82) is 0 Å². The molecule has 0 saturated carbocycles. The minimum Gasteiger partial charge on any atom is -0.0616 e. The van der Waals surface area contributed by atoms with E-state index in [-0.39, 0.29) is 16.2 Å². The highest BCUT2D eigenvalue weighted by Gasteiger charge is 2.39. The predicted molar refractivity (Wildman–Crippen MR) is 275 cm³/mol. The summed E-state index contributed by atoms with van der Waals surface area (Å²) in [5, 5.41) is 21.3. The fourth-order valence-corrected chi connectivity index (χ4v) is 11.8. The zero-order chi connectivity index (χ0) is 42.9. The zero-order valence-corrected chi connectivity index (χ0v) is 37.5. The van der Waals surface area contributed by atoms with Crippen LogP contribution in [0.15, 0.2) is 158 Å². The van der Waals surface area contributed by atoms with E-state index in [0.717, 1.165) is 0 Å². The highest BCUT2D eigenvalue weighted by Crippen LogP contribution is 2.58. The second kappa shape index (κ2) is 12.2. The fraction of sp³-hybridized carbons (Fsp3) is 0.175. The van der Waals surface area contributed by atoms with Crippen molar-refractivity contribution < 1.29 is 0 Å². The van der Waals surface area contributed by atoms with E-state index < -0.39 is 0 Å². The maximum Gasteiger partial charge on any atom is 0.0159 e. The molecule has 0 N–H and O–H groups in total. The highest BCUT2D eigenvalue weighted by molar-refractivity contribution is 6.29. The van der Waals surface area contributed by atoms with E-state index in [9.17, 15) is 0 Å². The van der Waals surface area contributed by atoms with Gasteiger partial charge in [0.2, 0.25) is 0 Å². The maximum absolute atomic E-state index is 2.57. The van der Waals surface area contributed by atoms with Gasteiger partial charge in [-0.05, 0) is 165 Å². The second-order valence-corrected chi connectivity index (χ2v) is 21.3. The molecule has 0 bridgehead atoms. The lowest BCUT2D eigenvalue weighted by Crippen LogP contribution is -2.15.